The molecule has 116 valence electrons. The zero-order chi connectivity index (χ0) is 15.7. The minimum absolute atomic E-state index is 0.00833. The molecular weight excluding hydrogens is 280 g/mol. The standard InChI is InChI=1S/C16H20N4O2/c1-11-6-4-5-7-15(11)22-10-16(21)19-8-14(9-19)20-13(3)17-12(2)18-20/h4-7,14H,8-10H2,1-3H3. The van der Waals surface area contributed by atoms with E-state index in [9.17, 15) is 4.79 Å². The minimum atomic E-state index is 0.00833. The maximum Gasteiger partial charge on any atom is 0.260 e. The maximum atomic E-state index is 12.1. The first-order valence-corrected chi connectivity index (χ1v) is 7.40. The van der Waals surface area contributed by atoms with E-state index in [1.807, 2.05) is 49.7 Å². The number of carbonyl (C=O) groups excluding carboxylic acids is 1. The molecule has 0 spiro atoms. The van der Waals surface area contributed by atoms with Crippen molar-refractivity contribution >= 4 is 5.91 Å². The van der Waals surface area contributed by atoms with Gasteiger partial charge in [0.05, 0.1) is 6.04 Å². The highest BCUT2D eigenvalue weighted by molar-refractivity contribution is 5.78. The largest absolute Gasteiger partial charge is 0.484 e. The first-order chi connectivity index (χ1) is 10.5. The highest BCUT2D eigenvalue weighted by Gasteiger charge is 2.33. The lowest BCUT2D eigenvalue weighted by Gasteiger charge is -2.39. The Hall–Kier alpha value is -2.37. The van der Waals surface area contributed by atoms with Gasteiger partial charge >= 0.3 is 0 Å². The average molecular weight is 300 g/mol. The monoisotopic (exact) mass is 300 g/mol. The lowest BCUT2D eigenvalue weighted by Crippen LogP contribution is -2.52. The molecule has 1 aliphatic heterocycles. The van der Waals surface area contributed by atoms with Crippen LogP contribution in [-0.4, -0.2) is 45.3 Å². The third-order valence-electron chi connectivity index (χ3n) is 3.91. The molecule has 1 aliphatic rings. The lowest BCUT2D eigenvalue weighted by atomic mass is 10.1. The van der Waals surface area contributed by atoms with Gasteiger partial charge in [-0.05, 0) is 32.4 Å². The number of aromatic nitrogens is 3. The highest BCUT2D eigenvalue weighted by atomic mass is 16.5. The van der Waals surface area contributed by atoms with Crippen molar-refractivity contribution in [2.45, 2.75) is 26.8 Å². The first kappa shape index (κ1) is 14.6. The summed E-state index contributed by atoms with van der Waals surface area (Å²) in [4.78, 5) is 18.2. The average Bonchev–Trinajstić information content (AvgIpc) is 2.75. The van der Waals surface area contributed by atoms with Crippen molar-refractivity contribution in [2.24, 2.45) is 0 Å². The van der Waals surface area contributed by atoms with Crippen LogP contribution in [0.15, 0.2) is 24.3 Å². The Bertz CT molecular complexity index is 689. The molecule has 6 heteroatoms. The van der Waals surface area contributed by atoms with E-state index in [4.69, 9.17) is 4.74 Å². The van der Waals surface area contributed by atoms with Gasteiger partial charge < -0.3 is 9.64 Å². The van der Waals surface area contributed by atoms with Gasteiger partial charge in [-0.3, -0.25) is 4.79 Å². The third kappa shape index (κ3) is 2.81. The number of carbonyl (C=O) groups is 1. The number of ether oxygens (including phenoxy) is 1. The Balaban J connectivity index is 1.51. The second kappa shape index (κ2) is 5.79. The SMILES string of the molecule is Cc1nc(C)n(C2CN(C(=O)COc3ccccc3C)C2)n1. The normalized spacial score (nSPS) is 14.8. The van der Waals surface area contributed by atoms with Gasteiger partial charge in [-0.1, -0.05) is 18.2 Å². The molecule has 0 unspecified atom stereocenters. The van der Waals surface area contributed by atoms with Crippen molar-refractivity contribution in [3.63, 3.8) is 0 Å². The Morgan fingerprint density at radius 2 is 2.00 bits per heavy atom. The van der Waals surface area contributed by atoms with Gasteiger partial charge in [0.25, 0.3) is 5.91 Å². The van der Waals surface area contributed by atoms with Crippen LogP contribution < -0.4 is 4.74 Å². The number of likely N-dealkylation sites (tertiary alicyclic amines) is 1. The molecule has 6 nitrogen and oxygen atoms in total. The Morgan fingerprint density at radius 1 is 1.27 bits per heavy atom. The van der Waals surface area contributed by atoms with Crippen LogP contribution in [0.25, 0.3) is 0 Å². The molecule has 1 amide bonds. The number of hydrogen-bond donors (Lipinski definition) is 0. The summed E-state index contributed by atoms with van der Waals surface area (Å²) >= 11 is 0. The molecule has 1 fully saturated rings. The van der Waals surface area contributed by atoms with Crippen LogP contribution in [0.3, 0.4) is 0 Å². The molecule has 0 N–H and O–H groups in total. The van der Waals surface area contributed by atoms with Gasteiger partial charge in [0.2, 0.25) is 0 Å². The third-order valence-corrected chi connectivity index (χ3v) is 3.91. The van der Waals surface area contributed by atoms with Crippen LogP contribution in [0.4, 0.5) is 0 Å². The second-order valence-electron chi connectivity index (χ2n) is 5.66. The van der Waals surface area contributed by atoms with Gasteiger partial charge in [0.1, 0.15) is 17.4 Å². The molecule has 0 saturated carbocycles. The van der Waals surface area contributed by atoms with E-state index in [-0.39, 0.29) is 18.6 Å². The number of benzene rings is 1. The van der Waals surface area contributed by atoms with E-state index in [0.29, 0.717) is 13.1 Å². The molecule has 3 rings (SSSR count). The van der Waals surface area contributed by atoms with Crippen molar-refractivity contribution in [1.82, 2.24) is 19.7 Å². The summed E-state index contributed by atoms with van der Waals surface area (Å²) in [5.74, 6) is 2.43. The molecule has 1 aromatic heterocycles. The molecule has 0 aliphatic carbocycles. The fraction of sp³-hybridized carbons (Fsp3) is 0.438. The zero-order valence-corrected chi connectivity index (χ0v) is 13.1. The first-order valence-electron chi connectivity index (χ1n) is 7.40. The molecule has 22 heavy (non-hydrogen) atoms. The molecule has 1 aromatic carbocycles. The van der Waals surface area contributed by atoms with E-state index >= 15 is 0 Å². The van der Waals surface area contributed by atoms with Gasteiger partial charge in [-0.2, -0.15) is 5.10 Å². The van der Waals surface area contributed by atoms with Gasteiger partial charge in [0.15, 0.2) is 6.61 Å². The molecule has 0 atom stereocenters. The van der Waals surface area contributed by atoms with Gasteiger partial charge in [-0.15, -0.1) is 0 Å². The van der Waals surface area contributed by atoms with E-state index in [1.54, 1.807) is 4.90 Å². The lowest BCUT2D eigenvalue weighted by molar-refractivity contribution is -0.139. The quantitative estimate of drug-likeness (QED) is 0.861. The summed E-state index contributed by atoms with van der Waals surface area (Å²) in [6.45, 7) is 7.19. The fourth-order valence-corrected chi connectivity index (χ4v) is 2.64. The summed E-state index contributed by atoms with van der Waals surface area (Å²) in [7, 11) is 0. The van der Waals surface area contributed by atoms with Crippen LogP contribution in [0.5, 0.6) is 5.75 Å². The van der Waals surface area contributed by atoms with E-state index in [2.05, 4.69) is 10.1 Å². The van der Waals surface area contributed by atoms with Crippen LogP contribution in [-0.2, 0) is 4.79 Å². The highest BCUT2D eigenvalue weighted by Crippen LogP contribution is 2.22. The number of amides is 1. The fourth-order valence-electron chi connectivity index (χ4n) is 2.64. The number of aryl methyl sites for hydroxylation is 3. The number of nitrogens with zero attached hydrogens (tertiary/aromatic N) is 4. The Morgan fingerprint density at radius 3 is 2.64 bits per heavy atom. The van der Waals surface area contributed by atoms with Gasteiger partial charge in [0, 0.05) is 13.1 Å². The molecule has 1 saturated heterocycles. The van der Waals surface area contributed by atoms with E-state index < -0.39 is 0 Å². The number of para-hydroxylation sites is 1. The van der Waals surface area contributed by atoms with E-state index in [1.165, 1.54) is 0 Å². The zero-order valence-electron chi connectivity index (χ0n) is 13.1. The van der Waals surface area contributed by atoms with Crippen LogP contribution in [0.1, 0.15) is 23.3 Å². The smallest absolute Gasteiger partial charge is 0.260 e. The summed E-state index contributed by atoms with van der Waals surface area (Å²) in [6, 6.07) is 7.93. The van der Waals surface area contributed by atoms with Crippen molar-refractivity contribution < 1.29 is 9.53 Å². The van der Waals surface area contributed by atoms with Gasteiger partial charge in [-0.25, -0.2) is 9.67 Å². The number of hydrogen-bond acceptors (Lipinski definition) is 4. The topological polar surface area (TPSA) is 60.2 Å². The minimum Gasteiger partial charge on any atom is -0.484 e. The van der Waals surface area contributed by atoms with Crippen LogP contribution in [0, 0.1) is 20.8 Å². The predicted molar refractivity (Wildman–Crippen MR) is 81.8 cm³/mol. The summed E-state index contributed by atoms with van der Waals surface area (Å²) in [5.41, 5.74) is 1.03. The molecular formula is C16H20N4O2. The Kier molecular flexibility index (Phi) is 3.83. The van der Waals surface area contributed by atoms with Crippen LogP contribution in [0.2, 0.25) is 0 Å². The second-order valence-corrected chi connectivity index (χ2v) is 5.66. The van der Waals surface area contributed by atoms with Crippen molar-refractivity contribution in [1.29, 1.82) is 0 Å². The van der Waals surface area contributed by atoms with Crippen LogP contribution >= 0.6 is 0 Å². The molecule has 0 radical (unpaired) electrons. The maximum absolute atomic E-state index is 12.1. The molecule has 0 bridgehead atoms. The molecule has 2 heterocycles. The summed E-state index contributed by atoms with van der Waals surface area (Å²) < 4.78 is 7.50. The summed E-state index contributed by atoms with van der Waals surface area (Å²) in [5, 5.41) is 4.37. The molecule has 2 aromatic rings. The van der Waals surface area contributed by atoms with Crippen molar-refractivity contribution in [3.8, 4) is 5.75 Å². The Labute approximate surface area is 129 Å². The van der Waals surface area contributed by atoms with E-state index in [0.717, 1.165) is 23.0 Å². The predicted octanol–water partition coefficient (Wildman–Crippen LogP) is 1.67. The number of rotatable bonds is 4. The van der Waals surface area contributed by atoms with Crippen molar-refractivity contribution in [2.75, 3.05) is 19.7 Å². The summed E-state index contributed by atoms with van der Waals surface area (Å²) in [6.07, 6.45) is 0. The van der Waals surface area contributed by atoms with Crippen molar-refractivity contribution in [3.05, 3.63) is 41.5 Å².